The zero-order chi connectivity index (χ0) is 9.50. The quantitative estimate of drug-likeness (QED) is 0.564. The lowest BCUT2D eigenvalue weighted by molar-refractivity contribution is 0.597. The lowest BCUT2D eigenvalue weighted by Gasteiger charge is -2.09. The Morgan fingerprint density at radius 3 is 1.00 bits per heavy atom. The van der Waals surface area contributed by atoms with Crippen LogP contribution in [0.25, 0.3) is 0 Å². The second kappa shape index (κ2) is 3.08. The van der Waals surface area contributed by atoms with Crippen molar-refractivity contribution in [1.82, 2.24) is 0 Å². The summed E-state index contributed by atoms with van der Waals surface area (Å²) in [5.74, 6) is 0. The summed E-state index contributed by atoms with van der Waals surface area (Å²) in [5, 5.41) is 0. The minimum Gasteiger partial charge on any atom is -0.208 e. The van der Waals surface area contributed by atoms with Crippen molar-refractivity contribution < 1.29 is 16.8 Å². The molecule has 0 saturated carbocycles. The SMILES string of the molecule is O=S(=O)(Cl)C(Cl)(Cl)S(=O)(=O)Cl. The fourth-order valence-electron chi connectivity index (χ4n) is 0.119. The highest BCUT2D eigenvalue weighted by Gasteiger charge is 2.51. The van der Waals surface area contributed by atoms with Crippen LogP contribution in [0.1, 0.15) is 0 Å². The normalized spacial score (nSPS) is 14.9. The second-order valence-corrected chi connectivity index (χ2v) is 9.24. The van der Waals surface area contributed by atoms with Gasteiger partial charge in [0.1, 0.15) is 0 Å². The van der Waals surface area contributed by atoms with E-state index in [-0.39, 0.29) is 0 Å². The summed E-state index contributed by atoms with van der Waals surface area (Å²) in [6, 6.07) is 0. The highest BCUT2D eigenvalue weighted by atomic mass is 35.7. The summed E-state index contributed by atoms with van der Waals surface area (Å²) in [6.07, 6.45) is 0. The summed E-state index contributed by atoms with van der Waals surface area (Å²) < 4.78 is 38.1. The Hall–Kier alpha value is 1.06. The Balaban J connectivity index is 5.45. The van der Waals surface area contributed by atoms with E-state index in [9.17, 15) is 16.8 Å². The van der Waals surface area contributed by atoms with E-state index in [1.54, 1.807) is 0 Å². The fraction of sp³-hybridized carbons (Fsp3) is 1.00. The molecule has 4 nitrogen and oxygen atoms in total. The van der Waals surface area contributed by atoms with Crippen molar-refractivity contribution in [3.05, 3.63) is 0 Å². The van der Waals surface area contributed by atoms with Crippen LogP contribution in [-0.2, 0) is 18.1 Å². The van der Waals surface area contributed by atoms with Gasteiger partial charge in [-0.1, -0.05) is 23.2 Å². The van der Waals surface area contributed by atoms with E-state index in [0.717, 1.165) is 0 Å². The number of hydrogen-bond donors (Lipinski definition) is 0. The van der Waals surface area contributed by atoms with E-state index in [1.165, 1.54) is 0 Å². The topological polar surface area (TPSA) is 68.3 Å². The minimum absolute atomic E-state index is 3.21. The summed E-state index contributed by atoms with van der Waals surface area (Å²) in [5.41, 5.74) is 0. The third-order valence-electron chi connectivity index (χ3n) is 0.568. The lowest BCUT2D eigenvalue weighted by Crippen LogP contribution is -2.28. The van der Waals surface area contributed by atoms with Gasteiger partial charge < -0.3 is 0 Å². The number of hydrogen-bond acceptors (Lipinski definition) is 4. The van der Waals surface area contributed by atoms with Crippen LogP contribution < -0.4 is 0 Å². The van der Waals surface area contributed by atoms with Gasteiger partial charge in [-0.2, -0.15) is 0 Å². The van der Waals surface area contributed by atoms with Crippen LogP contribution in [0.15, 0.2) is 0 Å². The summed E-state index contributed by atoms with van der Waals surface area (Å²) in [4.78, 5) is 0. The molecule has 68 valence electrons. The Labute approximate surface area is 82.2 Å². The highest BCUT2D eigenvalue weighted by molar-refractivity contribution is 8.32. The highest BCUT2D eigenvalue weighted by Crippen LogP contribution is 2.39. The van der Waals surface area contributed by atoms with Gasteiger partial charge in [0.05, 0.1) is 0 Å². The number of alkyl halides is 2. The molecule has 0 atom stereocenters. The first-order chi connectivity index (χ1) is 4.50. The first-order valence-corrected chi connectivity index (χ1v) is 7.14. The molecule has 10 heteroatoms. The van der Waals surface area contributed by atoms with Crippen LogP contribution in [0.3, 0.4) is 0 Å². The molecule has 0 fully saturated rings. The van der Waals surface area contributed by atoms with E-state index in [2.05, 4.69) is 21.4 Å². The Kier molecular flexibility index (Phi) is 3.38. The van der Waals surface area contributed by atoms with Crippen molar-refractivity contribution in [3.8, 4) is 0 Å². The molecule has 0 heterocycles. The molecule has 0 radical (unpaired) electrons. The average Bonchev–Trinajstić information content (AvgIpc) is 1.58. The molecular weight excluding hydrogens is 282 g/mol. The predicted octanol–water partition coefficient (Wildman–Crippen LogP) is 1.21. The van der Waals surface area contributed by atoms with Gasteiger partial charge in [-0.25, -0.2) is 16.8 Å². The van der Waals surface area contributed by atoms with Crippen molar-refractivity contribution in [2.45, 2.75) is 3.00 Å². The molecule has 11 heavy (non-hydrogen) atoms. The van der Waals surface area contributed by atoms with Gasteiger partial charge in [-0.3, -0.25) is 0 Å². The zero-order valence-corrected chi connectivity index (χ0v) is 9.12. The Morgan fingerprint density at radius 2 is 1.00 bits per heavy atom. The molecule has 0 rings (SSSR count). The van der Waals surface area contributed by atoms with Crippen LogP contribution in [0.5, 0.6) is 0 Å². The van der Waals surface area contributed by atoms with Crippen LogP contribution in [0.2, 0.25) is 0 Å². The molecule has 0 N–H and O–H groups in total. The van der Waals surface area contributed by atoms with Crippen LogP contribution >= 0.6 is 44.6 Å². The van der Waals surface area contributed by atoms with Crippen molar-refractivity contribution >= 4 is 62.7 Å². The molecule has 0 aliphatic rings. The van der Waals surface area contributed by atoms with Crippen LogP contribution in [0, 0.1) is 0 Å². The molecule has 0 aromatic heterocycles. The molecule has 0 aromatic rings. The predicted molar refractivity (Wildman–Crippen MR) is 44.0 cm³/mol. The lowest BCUT2D eigenvalue weighted by atomic mass is 11.8. The first-order valence-electron chi connectivity index (χ1n) is 1.76. The zero-order valence-electron chi connectivity index (χ0n) is 4.46. The Morgan fingerprint density at radius 1 is 0.818 bits per heavy atom. The van der Waals surface area contributed by atoms with E-state index >= 15 is 0 Å². The maximum absolute atomic E-state index is 10.3. The molecule has 0 amide bonds. The molecule has 0 saturated heterocycles. The van der Waals surface area contributed by atoms with Gasteiger partial charge in [0, 0.05) is 21.4 Å². The van der Waals surface area contributed by atoms with E-state index in [4.69, 9.17) is 23.2 Å². The molecule has 0 aliphatic heterocycles. The number of halogens is 4. The van der Waals surface area contributed by atoms with E-state index in [1.807, 2.05) is 0 Å². The molecule has 0 bridgehead atoms. The summed E-state index contributed by atoms with van der Waals surface area (Å²) in [7, 11) is -0.245. The van der Waals surface area contributed by atoms with Gasteiger partial charge in [-0.15, -0.1) is 0 Å². The van der Waals surface area contributed by atoms with Crippen molar-refractivity contribution in [1.29, 1.82) is 0 Å². The standard InChI is InChI=1S/CCl4O4S2/c2-1(3,10(4,6)7)11(5,8)9. The third kappa shape index (κ3) is 2.50. The summed E-state index contributed by atoms with van der Waals surface area (Å²) >= 11 is 9.63. The van der Waals surface area contributed by atoms with Crippen LogP contribution in [-0.4, -0.2) is 19.8 Å². The summed E-state index contributed by atoms with van der Waals surface area (Å²) in [6.45, 7) is 0. The monoisotopic (exact) mass is 280 g/mol. The molecular formula is CCl4O4S2. The van der Waals surface area contributed by atoms with Gasteiger partial charge >= 0.3 is 3.00 Å². The van der Waals surface area contributed by atoms with Gasteiger partial charge in [0.2, 0.25) is 0 Å². The van der Waals surface area contributed by atoms with Crippen LogP contribution in [0.4, 0.5) is 0 Å². The first kappa shape index (κ1) is 12.1. The average molecular weight is 282 g/mol. The van der Waals surface area contributed by atoms with Gasteiger partial charge in [0.15, 0.2) is 0 Å². The number of rotatable bonds is 2. The van der Waals surface area contributed by atoms with Crippen molar-refractivity contribution in [2.75, 3.05) is 0 Å². The smallest absolute Gasteiger partial charge is 0.208 e. The fourth-order valence-corrected chi connectivity index (χ4v) is 2.85. The van der Waals surface area contributed by atoms with E-state index in [0.29, 0.717) is 0 Å². The van der Waals surface area contributed by atoms with Gasteiger partial charge in [-0.05, 0) is 0 Å². The molecule has 0 unspecified atom stereocenters. The molecule has 0 spiro atoms. The third-order valence-corrected chi connectivity index (χ3v) is 8.34. The van der Waals surface area contributed by atoms with E-state index < -0.39 is 21.1 Å². The largest absolute Gasteiger partial charge is 0.347 e. The van der Waals surface area contributed by atoms with Crippen molar-refractivity contribution in [2.24, 2.45) is 0 Å². The Bertz CT molecular complexity index is 302. The molecule has 0 aliphatic carbocycles. The second-order valence-electron chi connectivity index (χ2n) is 1.34. The maximum atomic E-state index is 10.3. The maximum Gasteiger partial charge on any atom is 0.347 e. The van der Waals surface area contributed by atoms with Crippen molar-refractivity contribution in [3.63, 3.8) is 0 Å². The van der Waals surface area contributed by atoms with Gasteiger partial charge in [0.25, 0.3) is 18.1 Å². The molecule has 0 aromatic carbocycles. The minimum atomic E-state index is -4.68.